The molecule has 0 saturated heterocycles. The van der Waals surface area contributed by atoms with Crippen molar-refractivity contribution < 1.29 is 19.0 Å². The van der Waals surface area contributed by atoms with Crippen molar-refractivity contribution in [2.75, 3.05) is 25.6 Å². The first-order valence-electron chi connectivity index (χ1n) is 8.28. The molecule has 0 fully saturated rings. The standard InChI is InChI=1S/C19H20N2O4S/c1-3-11-24-13-7-9-14(10-8-13)25-12-17(22)20-19-21-18-15(23-2)5-4-6-16(18)26-19/h4-10H,3,11-12H2,1-2H3,(H,20,21,22). The first-order valence-corrected chi connectivity index (χ1v) is 9.10. The molecular weight excluding hydrogens is 352 g/mol. The van der Waals surface area contributed by atoms with Crippen molar-refractivity contribution in [1.82, 2.24) is 4.98 Å². The van der Waals surface area contributed by atoms with Crippen molar-refractivity contribution in [3.63, 3.8) is 0 Å². The van der Waals surface area contributed by atoms with E-state index in [4.69, 9.17) is 14.2 Å². The summed E-state index contributed by atoms with van der Waals surface area (Å²) in [5, 5.41) is 3.27. The first kappa shape index (κ1) is 18.0. The fraction of sp³-hybridized carbons (Fsp3) is 0.263. The van der Waals surface area contributed by atoms with Gasteiger partial charge in [-0.25, -0.2) is 4.98 Å². The lowest BCUT2D eigenvalue weighted by molar-refractivity contribution is -0.118. The molecule has 136 valence electrons. The minimum atomic E-state index is -0.269. The van der Waals surface area contributed by atoms with E-state index in [1.54, 1.807) is 19.2 Å². The number of rotatable bonds is 8. The van der Waals surface area contributed by atoms with Crippen molar-refractivity contribution in [2.45, 2.75) is 13.3 Å². The van der Waals surface area contributed by atoms with E-state index < -0.39 is 0 Å². The molecule has 0 bridgehead atoms. The number of fused-ring (bicyclic) bond motifs is 1. The summed E-state index contributed by atoms with van der Waals surface area (Å²) in [6, 6.07) is 12.9. The van der Waals surface area contributed by atoms with Crippen molar-refractivity contribution >= 4 is 32.6 Å². The van der Waals surface area contributed by atoms with Crippen LogP contribution >= 0.6 is 11.3 Å². The zero-order valence-corrected chi connectivity index (χ0v) is 15.5. The number of para-hydroxylation sites is 1. The average molecular weight is 372 g/mol. The summed E-state index contributed by atoms with van der Waals surface area (Å²) in [6.07, 6.45) is 0.954. The predicted octanol–water partition coefficient (Wildman–Crippen LogP) is 4.11. The van der Waals surface area contributed by atoms with E-state index in [0.717, 1.165) is 22.4 Å². The molecule has 7 heteroatoms. The largest absolute Gasteiger partial charge is 0.494 e. The number of aromatic nitrogens is 1. The van der Waals surface area contributed by atoms with Gasteiger partial charge in [-0.3, -0.25) is 10.1 Å². The Morgan fingerprint density at radius 1 is 1.12 bits per heavy atom. The molecule has 26 heavy (non-hydrogen) atoms. The Labute approximate surface area is 155 Å². The maximum atomic E-state index is 12.1. The molecule has 0 aliphatic rings. The van der Waals surface area contributed by atoms with Gasteiger partial charge in [-0.15, -0.1) is 0 Å². The summed E-state index contributed by atoms with van der Waals surface area (Å²) < 4.78 is 17.2. The molecule has 1 amide bonds. The second kappa shape index (κ2) is 8.53. The van der Waals surface area contributed by atoms with E-state index in [1.165, 1.54) is 11.3 Å². The third-order valence-corrected chi connectivity index (χ3v) is 4.45. The molecule has 0 atom stereocenters. The molecule has 0 saturated carbocycles. The Balaban J connectivity index is 1.55. The zero-order chi connectivity index (χ0) is 18.4. The predicted molar refractivity (Wildman–Crippen MR) is 103 cm³/mol. The van der Waals surface area contributed by atoms with Crippen molar-refractivity contribution in [3.05, 3.63) is 42.5 Å². The number of carbonyl (C=O) groups is 1. The van der Waals surface area contributed by atoms with Gasteiger partial charge in [0.1, 0.15) is 22.8 Å². The van der Waals surface area contributed by atoms with Crippen LogP contribution in [0.1, 0.15) is 13.3 Å². The smallest absolute Gasteiger partial charge is 0.264 e. The summed E-state index contributed by atoms with van der Waals surface area (Å²) in [4.78, 5) is 16.5. The van der Waals surface area contributed by atoms with Crippen LogP contribution in [-0.2, 0) is 4.79 Å². The molecular formula is C19H20N2O4S. The topological polar surface area (TPSA) is 69.7 Å². The first-order chi connectivity index (χ1) is 12.7. The Bertz CT molecular complexity index is 877. The number of methoxy groups -OCH3 is 1. The van der Waals surface area contributed by atoms with Gasteiger partial charge in [-0.2, -0.15) is 0 Å². The normalized spacial score (nSPS) is 10.5. The van der Waals surface area contributed by atoms with Crippen LogP contribution in [0.25, 0.3) is 10.2 Å². The monoisotopic (exact) mass is 372 g/mol. The molecule has 3 rings (SSSR count). The van der Waals surface area contributed by atoms with Gasteiger partial charge in [0.05, 0.1) is 18.4 Å². The van der Waals surface area contributed by atoms with E-state index in [0.29, 0.717) is 23.2 Å². The van der Waals surface area contributed by atoms with Crippen LogP contribution in [0.5, 0.6) is 17.2 Å². The number of nitrogens with zero attached hydrogens (tertiary/aromatic N) is 1. The van der Waals surface area contributed by atoms with E-state index in [2.05, 4.69) is 17.2 Å². The van der Waals surface area contributed by atoms with Crippen LogP contribution in [-0.4, -0.2) is 31.2 Å². The highest BCUT2D eigenvalue weighted by Crippen LogP contribution is 2.32. The van der Waals surface area contributed by atoms with Gasteiger partial charge in [-0.1, -0.05) is 24.3 Å². The number of thiazole rings is 1. The Hall–Kier alpha value is -2.80. The van der Waals surface area contributed by atoms with Crippen molar-refractivity contribution in [3.8, 4) is 17.2 Å². The number of hydrogen-bond donors (Lipinski definition) is 1. The van der Waals surface area contributed by atoms with Gasteiger partial charge >= 0.3 is 0 Å². The lowest BCUT2D eigenvalue weighted by Crippen LogP contribution is -2.19. The number of nitrogens with one attached hydrogen (secondary N) is 1. The summed E-state index contributed by atoms with van der Waals surface area (Å²) in [7, 11) is 1.60. The zero-order valence-electron chi connectivity index (χ0n) is 14.7. The lowest BCUT2D eigenvalue weighted by atomic mass is 10.3. The fourth-order valence-corrected chi connectivity index (χ4v) is 3.20. The van der Waals surface area contributed by atoms with Crippen LogP contribution in [0.3, 0.4) is 0 Å². The van der Waals surface area contributed by atoms with Gasteiger partial charge in [0.2, 0.25) is 0 Å². The molecule has 0 unspecified atom stereocenters. The van der Waals surface area contributed by atoms with Gasteiger partial charge in [0.25, 0.3) is 5.91 Å². The second-order valence-electron chi connectivity index (χ2n) is 5.48. The summed E-state index contributed by atoms with van der Waals surface area (Å²) in [5.74, 6) is 1.80. The van der Waals surface area contributed by atoms with Gasteiger partial charge in [0, 0.05) is 0 Å². The van der Waals surface area contributed by atoms with E-state index in [9.17, 15) is 4.79 Å². The number of ether oxygens (including phenoxy) is 3. The minimum absolute atomic E-state index is 0.0950. The van der Waals surface area contributed by atoms with Crippen molar-refractivity contribution in [2.24, 2.45) is 0 Å². The summed E-state index contributed by atoms with van der Waals surface area (Å²) >= 11 is 1.39. The number of hydrogen-bond acceptors (Lipinski definition) is 6. The van der Waals surface area contributed by atoms with Crippen LogP contribution in [0.4, 0.5) is 5.13 Å². The van der Waals surface area contributed by atoms with Gasteiger partial charge in [-0.05, 0) is 42.8 Å². The molecule has 1 aromatic heterocycles. The fourth-order valence-electron chi connectivity index (χ4n) is 2.30. The number of carbonyl (C=O) groups excluding carboxylic acids is 1. The molecule has 6 nitrogen and oxygen atoms in total. The Kier molecular flexibility index (Phi) is 5.91. The third kappa shape index (κ3) is 4.43. The number of anilines is 1. The minimum Gasteiger partial charge on any atom is -0.494 e. The van der Waals surface area contributed by atoms with E-state index >= 15 is 0 Å². The molecule has 3 aromatic rings. The maximum Gasteiger partial charge on any atom is 0.264 e. The lowest BCUT2D eigenvalue weighted by Gasteiger charge is -2.07. The van der Waals surface area contributed by atoms with E-state index in [1.807, 2.05) is 30.3 Å². The number of benzene rings is 2. The molecule has 0 spiro atoms. The summed E-state index contributed by atoms with van der Waals surface area (Å²) in [6.45, 7) is 2.63. The van der Waals surface area contributed by atoms with Crippen LogP contribution < -0.4 is 19.5 Å². The highest BCUT2D eigenvalue weighted by molar-refractivity contribution is 7.22. The van der Waals surface area contributed by atoms with Crippen molar-refractivity contribution in [1.29, 1.82) is 0 Å². The molecule has 1 heterocycles. The summed E-state index contributed by atoms with van der Waals surface area (Å²) in [5.41, 5.74) is 0.735. The quantitative estimate of drug-likeness (QED) is 0.644. The van der Waals surface area contributed by atoms with E-state index in [-0.39, 0.29) is 12.5 Å². The Morgan fingerprint density at radius 2 is 1.85 bits per heavy atom. The van der Waals surface area contributed by atoms with Gasteiger partial charge in [0.15, 0.2) is 11.7 Å². The molecule has 0 aliphatic carbocycles. The molecule has 2 aromatic carbocycles. The average Bonchev–Trinajstić information content (AvgIpc) is 3.07. The molecule has 0 radical (unpaired) electrons. The highest BCUT2D eigenvalue weighted by atomic mass is 32.1. The maximum absolute atomic E-state index is 12.1. The highest BCUT2D eigenvalue weighted by Gasteiger charge is 2.11. The van der Waals surface area contributed by atoms with Crippen LogP contribution in [0.2, 0.25) is 0 Å². The van der Waals surface area contributed by atoms with Gasteiger partial charge < -0.3 is 14.2 Å². The number of amides is 1. The Morgan fingerprint density at radius 3 is 2.54 bits per heavy atom. The van der Waals surface area contributed by atoms with Crippen LogP contribution in [0, 0.1) is 0 Å². The molecule has 0 aliphatic heterocycles. The SMILES string of the molecule is CCCOc1ccc(OCC(=O)Nc2nc3c(OC)cccc3s2)cc1. The van der Waals surface area contributed by atoms with Crippen LogP contribution in [0.15, 0.2) is 42.5 Å². The third-order valence-electron chi connectivity index (χ3n) is 3.51. The second-order valence-corrected chi connectivity index (χ2v) is 6.51. The molecule has 1 N–H and O–H groups in total.